The number of pyridine rings is 1. The van der Waals surface area contributed by atoms with Crippen LogP contribution in [0.1, 0.15) is 46.6 Å². The summed E-state index contributed by atoms with van der Waals surface area (Å²) in [5, 5.41) is 4.02. The van der Waals surface area contributed by atoms with Gasteiger partial charge in [-0.3, -0.25) is 14.7 Å². The fourth-order valence-electron chi connectivity index (χ4n) is 3.94. The summed E-state index contributed by atoms with van der Waals surface area (Å²) in [5.41, 5.74) is 2.13. The fourth-order valence-corrected chi connectivity index (χ4v) is 5.04. The minimum atomic E-state index is -0.268. The Morgan fingerprint density at radius 2 is 1.96 bits per heavy atom. The first kappa shape index (κ1) is 19.0. The molecule has 2 aromatic heterocycles. The van der Waals surface area contributed by atoms with Gasteiger partial charge in [0.05, 0.1) is 4.88 Å². The van der Waals surface area contributed by atoms with Crippen LogP contribution in [0.3, 0.4) is 0 Å². The number of aryl methyl sites for hydroxylation is 1. The van der Waals surface area contributed by atoms with Gasteiger partial charge in [0.1, 0.15) is 5.82 Å². The van der Waals surface area contributed by atoms with E-state index < -0.39 is 0 Å². The van der Waals surface area contributed by atoms with E-state index in [1.54, 1.807) is 6.07 Å². The number of halogens is 1. The number of thiophene rings is 1. The molecule has 3 aromatic rings. The van der Waals surface area contributed by atoms with Crippen LogP contribution in [-0.4, -0.2) is 34.9 Å². The molecule has 0 unspecified atom stereocenters. The normalized spacial score (nSPS) is 17.0. The van der Waals surface area contributed by atoms with E-state index in [0.717, 1.165) is 41.6 Å². The molecule has 4 rings (SSSR count). The van der Waals surface area contributed by atoms with Gasteiger partial charge in [0.15, 0.2) is 0 Å². The molecule has 1 atom stereocenters. The number of aromatic nitrogens is 1. The van der Waals surface area contributed by atoms with Gasteiger partial charge in [-0.05, 0) is 73.5 Å². The third kappa shape index (κ3) is 3.80. The molecule has 1 fully saturated rings. The zero-order valence-electron chi connectivity index (χ0n) is 16.1. The lowest BCUT2D eigenvalue weighted by Crippen LogP contribution is -2.45. The highest BCUT2D eigenvalue weighted by Crippen LogP contribution is 2.31. The average Bonchev–Trinajstić information content (AvgIpc) is 3.05. The highest BCUT2D eigenvalue weighted by molar-refractivity contribution is 7.21. The highest BCUT2D eigenvalue weighted by Gasteiger charge is 2.26. The van der Waals surface area contributed by atoms with Gasteiger partial charge in [-0.1, -0.05) is 0 Å². The number of amides is 1. The molecule has 1 N–H and O–H groups in total. The summed E-state index contributed by atoms with van der Waals surface area (Å²) in [5.74, 6) is -0.309. The van der Waals surface area contributed by atoms with E-state index in [2.05, 4.69) is 34.3 Å². The number of likely N-dealkylation sites (tertiary alicyclic amines) is 1. The standard InChI is InChI=1S/C22H24FN3OS/c1-14-19-13-17(23)3-4-20(19)28-21(14)22(27)25-18-7-11-26(12-8-18)15(2)16-5-9-24-10-6-16/h3-6,9-10,13,15,18H,7-8,11-12H2,1-2H3,(H,25,27)/t15-/m0/s1. The van der Waals surface area contributed by atoms with E-state index >= 15 is 0 Å². The molecule has 0 bridgehead atoms. The fraction of sp³-hybridized carbons (Fsp3) is 0.364. The molecule has 1 aliphatic heterocycles. The van der Waals surface area contributed by atoms with Crippen LogP contribution in [0.2, 0.25) is 0 Å². The molecule has 1 saturated heterocycles. The van der Waals surface area contributed by atoms with Crippen molar-refractivity contribution in [2.24, 2.45) is 0 Å². The van der Waals surface area contributed by atoms with E-state index in [-0.39, 0.29) is 17.8 Å². The van der Waals surface area contributed by atoms with Crippen molar-refractivity contribution in [3.05, 3.63) is 64.5 Å². The molecule has 0 aliphatic carbocycles. The van der Waals surface area contributed by atoms with Crippen molar-refractivity contribution in [1.82, 2.24) is 15.2 Å². The topological polar surface area (TPSA) is 45.2 Å². The number of hydrogen-bond donors (Lipinski definition) is 1. The van der Waals surface area contributed by atoms with Crippen molar-refractivity contribution >= 4 is 27.3 Å². The number of fused-ring (bicyclic) bond motifs is 1. The molecular weight excluding hydrogens is 373 g/mol. The van der Waals surface area contributed by atoms with Crippen LogP contribution >= 0.6 is 11.3 Å². The Kier molecular flexibility index (Phi) is 5.42. The summed E-state index contributed by atoms with van der Waals surface area (Å²) in [6, 6.07) is 9.35. The molecule has 1 amide bonds. The molecule has 0 spiro atoms. The maximum Gasteiger partial charge on any atom is 0.261 e. The van der Waals surface area contributed by atoms with Gasteiger partial charge in [0.25, 0.3) is 5.91 Å². The predicted octanol–water partition coefficient (Wildman–Crippen LogP) is 4.70. The van der Waals surface area contributed by atoms with Gasteiger partial charge in [-0.2, -0.15) is 0 Å². The molecule has 1 aromatic carbocycles. The van der Waals surface area contributed by atoms with Crippen LogP contribution < -0.4 is 5.32 Å². The summed E-state index contributed by atoms with van der Waals surface area (Å²) in [6.07, 6.45) is 5.52. The summed E-state index contributed by atoms with van der Waals surface area (Å²) in [4.78, 5) is 20.0. The van der Waals surface area contributed by atoms with Gasteiger partial charge < -0.3 is 5.32 Å². The molecule has 0 radical (unpaired) electrons. The third-order valence-electron chi connectivity index (χ3n) is 5.71. The zero-order chi connectivity index (χ0) is 19.7. The number of benzene rings is 1. The number of piperidine rings is 1. The molecule has 28 heavy (non-hydrogen) atoms. The molecule has 1 aliphatic rings. The van der Waals surface area contributed by atoms with Crippen LogP contribution in [0.5, 0.6) is 0 Å². The third-order valence-corrected chi connectivity index (χ3v) is 6.98. The number of rotatable bonds is 4. The molecule has 3 heterocycles. The van der Waals surface area contributed by atoms with Crippen molar-refractivity contribution in [3.63, 3.8) is 0 Å². The van der Waals surface area contributed by atoms with Crippen molar-refractivity contribution in [2.75, 3.05) is 13.1 Å². The zero-order valence-corrected chi connectivity index (χ0v) is 16.9. The van der Waals surface area contributed by atoms with Crippen molar-refractivity contribution < 1.29 is 9.18 Å². The van der Waals surface area contributed by atoms with E-state index in [0.29, 0.717) is 10.9 Å². The Bertz CT molecular complexity index is 980. The monoisotopic (exact) mass is 397 g/mol. The molecule has 0 saturated carbocycles. The quantitative estimate of drug-likeness (QED) is 0.694. The Morgan fingerprint density at radius 1 is 1.25 bits per heavy atom. The first-order chi connectivity index (χ1) is 13.5. The number of carbonyl (C=O) groups excluding carboxylic acids is 1. The first-order valence-corrected chi connectivity index (χ1v) is 10.5. The van der Waals surface area contributed by atoms with E-state index in [9.17, 15) is 9.18 Å². The van der Waals surface area contributed by atoms with Crippen LogP contribution in [-0.2, 0) is 0 Å². The number of carbonyl (C=O) groups is 1. The van der Waals surface area contributed by atoms with Gasteiger partial charge >= 0.3 is 0 Å². The lowest BCUT2D eigenvalue weighted by Gasteiger charge is -2.36. The average molecular weight is 398 g/mol. The van der Waals surface area contributed by atoms with E-state index in [4.69, 9.17) is 0 Å². The Morgan fingerprint density at radius 3 is 2.68 bits per heavy atom. The summed E-state index contributed by atoms with van der Waals surface area (Å²) in [6.45, 7) is 6.01. The Labute approximate surface area is 168 Å². The second-order valence-electron chi connectivity index (χ2n) is 7.44. The largest absolute Gasteiger partial charge is 0.349 e. The van der Waals surface area contributed by atoms with Crippen LogP contribution in [0, 0.1) is 12.7 Å². The summed E-state index contributed by atoms with van der Waals surface area (Å²) < 4.78 is 14.5. The molecule has 146 valence electrons. The Balaban J connectivity index is 1.38. The highest BCUT2D eigenvalue weighted by atomic mass is 32.1. The molecule has 4 nitrogen and oxygen atoms in total. The lowest BCUT2D eigenvalue weighted by atomic mass is 10.0. The number of nitrogens with zero attached hydrogens (tertiary/aromatic N) is 2. The summed E-state index contributed by atoms with van der Waals surface area (Å²) in [7, 11) is 0. The van der Waals surface area contributed by atoms with Gasteiger partial charge in [0.2, 0.25) is 0 Å². The van der Waals surface area contributed by atoms with Gasteiger partial charge in [-0.25, -0.2) is 4.39 Å². The van der Waals surface area contributed by atoms with Crippen LogP contribution in [0.25, 0.3) is 10.1 Å². The minimum absolute atomic E-state index is 0.0419. The summed E-state index contributed by atoms with van der Waals surface area (Å²) >= 11 is 1.44. The predicted molar refractivity (Wildman–Crippen MR) is 111 cm³/mol. The molecular formula is C22H24FN3OS. The lowest BCUT2D eigenvalue weighted by molar-refractivity contribution is 0.0899. The molecule has 6 heteroatoms. The second kappa shape index (κ2) is 7.97. The number of nitrogens with one attached hydrogen (secondary N) is 1. The smallest absolute Gasteiger partial charge is 0.261 e. The van der Waals surface area contributed by atoms with Crippen molar-refractivity contribution in [1.29, 1.82) is 0 Å². The maximum absolute atomic E-state index is 13.5. The van der Waals surface area contributed by atoms with E-state index in [1.807, 2.05) is 19.3 Å². The van der Waals surface area contributed by atoms with Crippen molar-refractivity contribution in [2.45, 2.75) is 38.8 Å². The SMILES string of the molecule is Cc1c(C(=O)NC2CCN([C@@H](C)c3ccncc3)CC2)sc2ccc(F)cc12. The van der Waals surface area contributed by atoms with Gasteiger partial charge in [0, 0.05) is 42.3 Å². The Hall–Kier alpha value is -2.31. The van der Waals surface area contributed by atoms with Crippen LogP contribution in [0.4, 0.5) is 4.39 Å². The van der Waals surface area contributed by atoms with Crippen molar-refractivity contribution in [3.8, 4) is 0 Å². The van der Waals surface area contributed by atoms with Crippen LogP contribution in [0.15, 0.2) is 42.7 Å². The second-order valence-corrected chi connectivity index (χ2v) is 8.49. The van der Waals surface area contributed by atoms with E-state index in [1.165, 1.54) is 29.0 Å². The maximum atomic E-state index is 13.5. The number of hydrogen-bond acceptors (Lipinski definition) is 4. The minimum Gasteiger partial charge on any atom is -0.349 e. The van der Waals surface area contributed by atoms with Gasteiger partial charge in [-0.15, -0.1) is 11.3 Å². The first-order valence-electron chi connectivity index (χ1n) is 9.66.